The Labute approximate surface area is 241 Å². The predicted molar refractivity (Wildman–Crippen MR) is 144 cm³/mol. The molecule has 230 valence electrons. The number of hydrogen-bond donors (Lipinski definition) is 5. The highest BCUT2D eigenvalue weighted by molar-refractivity contribution is 9.09. The number of nitrogens with one attached hydrogen (secondary N) is 4. The largest absolute Gasteiger partial charge is 0.403 e. The van der Waals surface area contributed by atoms with Crippen molar-refractivity contribution < 1.29 is 26.7 Å². The normalized spacial score (nSPS) is 44.6. The highest BCUT2D eigenvalue weighted by atomic mass is 79.9. The van der Waals surface area contributed by atoms with Crippen molar-refractivity contribution in [1.29, 1.82) is 0 Å². The van der Waals surface area contributed by atoms with Gasteiger partial charge in [0.1, 0.15) is 12.2 Å². The van der Waals surface area contributed by atoms with Crippen LogP contribution in [0.5, 0.6) is 0 Å². The Bertz CT molecular complexity index is 902. The van der Waals surface area contributed by atoms with Crippen molar-refractivity contribution in [1.82, 2.24) is 31.3 Å². The number of piperidine rings is 2. The highest BCUT2D eigenvalue weighted by Crippen LogP contribution is 2.42. The Morgan fingerprint density at radius 1 is 1.02 bits per heavy atom. The molecule has 0 spiro atoms. The molecule has 12 unspecified atom stereocenters. The second-order valence-corrected chi connectivity index (χ2v) is 13.4. The Morgan fingerprint density at radius 3 is 2.38 bits per heavy atom. The topological polar surface area (TPSA) is 97.7 Å². The summed E-state index contributed by atoms with van der Waals surface area (Å²) >= 11 is 3.63. The van der Waals surface area contributed by atoms with Crippen LogP contribution in [0.4, 0.5) is 22.0 Å². The number of rotatable bonds is 6. The monoisotopic (exact) mass is 643 g/mol. The van der Waals surface area contributed by atoms with Gasteiger partial charge in [-0.05, 0) is 44.9 Å². The lowest BCUT2D eigenvalue weighted by Gasteiger charge is -2.49. The van der Waals surface area contributed by atoms with Crippen molar-refractivity contribution in [3.05, 3.63) is 0 Å². The first-order valence-corrected chi connectivity index (χ1v) is 15.7. The van der Waals surface area contributed by atoms with Gasteiger partial charge in [0.2, 0.25) is 5.91 Å². The van der Waals surface area contributed by atoms with E-state index in [1.54, 1.807) is 0 Å². The molecular formula is C26H43BrF5N7O. The number of carbonyl (C=O) groups is 1. The summed E-state index contributed by atoms with van der Waals surface area (Å²) in [6, 6.07) is -2.46. The first kappa shape index (κ1) is 30.8. The number of fused-ring (bicyclic) bond motifs is 2. The van der Waals surface area contributed by atoms with Crippen LogP contribution in [0.1, 0.15) is 65.2 Å². The summed E-state index contributed by atoms with van der Waals surface area (Å²) < 4.78 is 67.1. The van der Waals surface area contributed by atoms with E-state index in [0.717, 1.165) is 25.7 Å². The van der Waals surface area contributed by atoms with E-state index in [4.69, 9.17) is 5.73 Å². The van der Waals surface area contributed by atoms with Crippen LogP contribution in [0, 0.1) is 11.8 Å². The molecule has 40 heavy (non-hydrogen) atoms. The van der Waals surface area contributed by atoms with Crippen LogP contribution in [0.3, 0.4) is 0 Å². The molecule has 0 aromatic heterocycles. The molecule has 5 aliphatic rings. The minimum atomic E-state index is -4.33. The fraction of sp³-hybridized carbons (Fsp3) is 0.962. The van der Waals surface area contributed by atoms with E-state index in [0.29, 0.717) is 25.8 Å². The van der Waals surface area contributed by atoms with E-state index in [9.17, 15) is 26.7 Å². The number of nitrogens with two attached hydrogens (primary N) is 1. The van der Waals surface area contributed by atoms with E-state index in [-0.39, 0.29) is 59.3 Å². The summed E-state index contributed by atoms with van der Waals surface area (Å²) in [6.45, 7) is 4.69. The Morgan fingerprint density at radius 2 is 1.75 bits per heavy atom. The van der Waals surface area contributed by atoms with Crippen LogP contribution in [0.15, 0.2) is 0 Å². The molecule has 5 rings (SSSR count). The molecule has 4 aliphatic heterocycles. The number of amides is 1. The summed E-state index contributed by atoms with van der Waals surface area (Å²) in [6.07, 6.45) is -4.02. The quantitative estimate of drug-likeness (QED) is 0.224. The van der Waals surface area contributed by atoms with Crippen molar-refractivity contribution in [2.45, 2.75) is 137 Å². The number of nitrogens with zero attached hydrogens (tertiary/aromatic N) is 2. The third-order valence-corrected chi connectivity index (χ3v) is 11.0. The van der Waals surface area contributed by atoms with Gasteiger partial charge in [-0.2, -0.15) is 13.2 Å². The third-order valence-electron chi connectivity index (χ3n) is 9.98. The van der Waals surface area contributed by atoms with Crippen LogP contribution in [-0.2, 0) is 4.79 Å². The molecule has 5 fully saturated rings. The van der Waals surface area contributed by atoms with Gasteiger partial charge < -0.3 is 10.6 Å². The fourth-order valence-corrected chi connectivity index (χ4v) is 8.96. The zero-order chi connectivity index (χ0) is 28.9. The van der Waals surface area contributed by atoms with E-state index in [1.807, 2.05) is 4.90 Å². The Balaban J connectivity index is 1.34. The van der Waals surface area contributed by atoms with Gasteiger partial charge in [-0.25, -0.2) is 13.8 Å². The van der Waals surface area contributed by atoms with E-state index < -0.39 is 36.9 Å². The molecule has 1 amide bonds. The van der Waals surface area contributed by atoms with E-state index >= 15 is 0 Å². The van der Waals surface area contributed by atoms with Crippen molar-refractivity contribution in [3.8, 4) is 0 Å². The molecule has 8 nitrogen and oxygen atoms in total. The summed E-state index contributed by atoms with van der Waals surface area (Å²) in [5.41, 5.74) is 9.93. The van der Waals surface area contributed by atoms with Crippen molar-refractivity contribution in [3.63, 3.8) is 0 Å². The minimum Gasteiger partial charge on any atom is -0.339 e. The number of likely N-dealkylation sites (tertiary alicyclic amines) is 1. The standard InChI is InChI=1S/C26H43BrF5N7O/c1-3-5-14-19-15(4-2)38(25(40)12-6-7-13(27)21-20(12)35-24(36-21)22(28)29)11-10-16(19)39(37-14)17-8-9-18(26(30,31)32)34-23(17)33/h12-24,34-37H,3-11,33H2,1-2H3. The molecule has 4 heterocycles. The van der Waals surface area contributed by atoms with Gasteiger partial charge in [0.25, 0.3) is 6.43 Å². The highest BCUT2D eigenvalue weighted by Gasteiger charge is 2.56. The molecule has 1 saturated carbocycles. The molecule has 4 saturated heterocycles. The SMILES string of the molecule is CCCC1NN(C2CCC(C(F)(F)F)NC2N)C2CCN(C(=O)C3CCC(Br)C4NC(C(F)F)NC34)C(CC)C12. The summed E-state index contributed by atoms with van der Waals surface area (Å²) in [5.74, 6) is -0.283. The third kappa shape index (κ3) is 5.67. The van der Waals surface area contributed by atoms with Crippen molar-refractivity contribution in [2.75, 3.05) is 6.54 Å². The fourth-order valence-electron chi connectivity index (χ4n) is 8.22. The lowest BCUT2D eigenvalue weighted by Crippen LogP contribution is -2.67. The smallest absolute Gasteiger partial charge is 0.339 e. The number of hydrogen-bond acceptors (Lipinski definition) is 7. The number of alkyl halides is 6. The Hall–Kier alpha value is -0.640. The maximum Gasteiger partial charge on any atom is 0.403 e. The predicted octanol–water partition coefficient (Wildman–Crippen LogP) is 2.63. The summed E-state index contributed by atoms with van der Waals surface area (Å²) in [5, 5.41) is 10.7. The molecule has 0 aromatic carbocycles. The van der Waals surface area contributed by atoms with Gasteiger partial charge in [0.15, 0.2) is 0 Å². The first-order chi connectivity index (χ1) is 19.0. The number of hydrazine groups is 1. The van der Waals surface area contributed by atoms with Gasteiger partial charge in [-0.3, -0.25) is 26.2 Å². The van der Waals surface area contributed by atoms with E-state index in [2.05, 4.69) is 56.2 Å². The first-order valence-electron chi connectivity index (χ1n) is 14.8. The van der Waals surface area contributed by atoms with Crippen LogP contribution >= 0.6 is 15.9 Å². The average molecular weight is 645 g/mol. The van der Waals surface area contributed by atoms with Crippen molar-refractivity contribution in [2.24, 2.45) is 17.6 Å². The minimum absolute atomic E-state index is 0.0114. The Kier molecular flexibility index (Phi) is 9.36. The number of carbonyl (C=O) groups excluding carboxylic acids is 1. The van der Waals surface area contributed by atoms with Gasteiger partial charge in [0, 0.05) is 47.5 Å². The van der Waals surface area contributed by atoms with Gasteiger partial charge in [0.05, 0.1) is 18.1 Å². The van der Waals surface area contributed by atoms with Crippen LogP contribution in [0.2, 0.25) is 0 Å². The maximum absolute atomic E-state index is 14.2. The zero-order valence-electron chi connectivity index (χ0n) is 23.0. The molecular weight excluding hydrogens is 601 g/mol. The molecule has 0 bridgehead atoms. The average Bonchev–Trinajstić information content (AvgIpc) is 3.51. The molecule has 6 N–H and O–H groups in total. The molecule has 0 aromatic rings. The van der Waals surface area contributed by atoms with E-state index in [1.165, 1.54) is 0 Å². The second-order valence-electron chi connectivity index (χ2n) is 12.2. The maximum atomic E-state index is 14.2. The van der Waals surface area contributed by atoms with Crippen LogP contribution in [0.25, 0.3) is 0 Å². The molecule has 12 atom stereocenters. The van der Waals surface area contributed by atoms with Gasteiger partial charge >= 0.3 is 6.18 Å². The molecule has 1 aliphatic carbocycles. The summed E-state index contributed by atoms with van der Waals surface area (Å²) in [7, 11) is 0. The lowest BCUT2D eigenvalue weighted by atomic mass is 9.76. The van der Waals surface area contributed by atoms with Crippen LogP contribution in [-0.4, -0.2) is 94.4 Å². The van der Waals surface area contributed by atoms with Gasteiger partial charge in [-0.15, -0.1) is 0 Å². The van der Waals surface area contributed by atoms with Gasteiger partial charge in [-0.1, -0.05) is 36.2 Å². The van der Waals surface area contributed by atoms with Crippen molar-refractivity contribution >= 4 is 21.8 Å². The zero-order valence-corrected chi connectivity index (χ0v) is 24.6. The van der Waals surface area contributed by atoms with Crippen LogP contribution < -0.4 is 27.1 Å². The summed E-state index contributed by atoms with van der Waals surface area (Å²) in [4.78, 5) is 16.2. The molecule has 14 heteroatoms. The second kappa shape index (κ2) is 12.2. The molecule has 0 radical (unpaired) electrons. The number of halogens is 6. The lowest BCUT2D eigenvalue weighted by molar-refractivity contribution is -0.168.